The van der Waals surface area contributed by atoms with Crippen LogP contribution in [0.3, 0.4) is 0 Å². The molecule has 0 aliphatic carbocycles. The maximum absolute atomic E-state index is 11.8. The van der Waals surface area contributed by atoms with Crippen LogP contribution in [0, 0.1) is 0 Å². The molecule has 1 heterocycles. The van der Waals surface area contributed by atoms with E-state index in [1.54, 1.807) is 0 Å². The summed E-state index contributed by atoms with van der Waals surface area (Å²) in [5.41, 5.74) is 1.06. The van der Waals surface area contributed by atoms with Crippen LogP contribution in [0.1, 0.15) is 19.3 Å². The Bertz CT molecular complexity index is 372. The largest absolute Gasteiger partial charge is 0.385 e. The van der Waals surface area contributed by atoms with Crippen LogP contribution >= 0.6 is 15.9 Å². The van der Waals surface area contributed by atoms with E-state index in [4.69, 9.17) is 0 Å². The predicted molar refractivity (Wildman–Crippen MR) is 73.1 cm³/mol. The number of amides is 1. The molecule has 0 radical (unpaired) electrons. The minimum atomic E-state index is 0.270. The number of hydrogen-bond donors (Lipinski definition) is 1. The van der Waals surface area contributed by atoms with E-state index in [0.717, 1.165) is 36.1 Å². The number of benzene rings is 1. The van der Waals surface area contributed by atoms with Crippen LogP contribution in [0.15, 0.2) is 28.7 Å². The van der Waals surface area contributed by atoms with Gasteiger partial charge in [0.1, 0.15) is 0 Å². The molecule has 2 rings (SSSR count). The molecule has 1 aromatic carbocycles. The van der Waals surface area contributed by atoms with Gasteiger partial charge in [-0.25, -0.2) is 0 Å². The Morgan fingerprint density at radius 3 is 2.53 bits per heavy atom. The molecule has 0 spiro atoms. The Morgan fingerprint density at radius 1 is 1.24 bits per heavy atom. The molecule has 92 valence electrons. The van der Waals surface area contributed by atoms with Gasteiger partial charge in [0.05, 0.1) is 0 Å². The Morgan fingerprint density at radius 2 is 1.88 bits per heavy atom. The SMILES string of the molecule is O=C(CCNc1ccc(Br)cc1)N1CCCC1. The lowest BCUT2D eigenvalue weighted by atomic mass is 10.3. The number of carbonyl (C=O) groups is 1. The van der Waals surface area contributed by atoms with Crippen LogP contribution in [-0.2, 0) is 4.79 Å². The molecule has 1 N–H and O–H groups in total. The number of hydrogen-bond acceptors (Lipinski definition) is 2. The first-order chi connectivity index (χ1) is 8.25. The van der Waals surface area contributed by atoms with E-state index in [9.17, 15) is 4.79 Å². The quantitative estimate of drug-likeness (QED) is 0.927. The first-order valence-electron chi connectivity index (χ1n) is 6.03. The summed E-state index contributed by atoms with van der Waals surface area (Å²) < 4.78 is 1.07. The van der Waals surface area contributed by atoms with E-state index in [0.29, 0.717) is 13.0 Å². The minimum Gasteiger partial charge on any atom is -0.385 e. The third-order valence-electron chi connectivity index (χ3n) is 2.97. The molecule has 4 heteroatoms. The fourth-order valence-corrected chi connectivity index (χ4v) is 2.27. The molecule has 3 nitrogen and oxygen atoms in total. The number of rotatable bonds is 4. The highest BCUT2D eigenvalue weighted by Gasteiger charge is 2.16. The van der Waals surface area contributed by atoms with Gasteiger partial charge in [-0.05, 0) is 37.1 Å². The lowest BCUT2D eigenvalue weighted by Gasteiger charge is -2.15. The molecule has 0 atom stereocenters. The summed E-state index contributed by atoms with van der Waals surface area (Å²) in [7, 11) is 0. The Balaban J connectivity index is 1.72. The topological polar surface area (TPSA) is 32.3 Å². The normalized spacial score (nSPS) is 15.0. The molecule has 0 aromatic heterocycles. The second kappa shape index (κ2) is 6.05. The van der Waals surface area contributed by atoms with Gasteiger partial charge in [0.25, 0.3) is 0 Å². The van der Waals surface area contributed by atoms with Crippen molar-refractivity contribution in [3.63, 3.8) is 0 Å². The van der Waals surface area contributed by atoms with Crippen LogP contribution in [0.2, 0.25) is 0 Å². The fourth-order valence-electron chi connectivity index (χ4n) is 2.01. The molecular weight excluding hydrogens is 280 g/mol. The van der Waals surface area contributed by atoms with Gasteiger partial charge in [-0.1, -0.05) is 15.9 Å². The molecule has 0 saturated carbocycles. The number of nitrogens with zero attached hydrogens (tertiary/aromatic N) is 1. The highest BCUT2D eigenvalue weighted by atomic mass is 79.9. The van der Waals surface area contributed by atoms with Crippen molar-refractivity contribution >= 4 is 27.5 Å². The zero-order valence-corrected chi connectivity index (χ0v) is 11.4. The summed E-state index contributed by atoms with van der Waals surface area (Å²) in [6.07, 6.45) is 2.90. The maximum Gasteiger partial charge on any atom is 0.224 e. The standard InChI is InChI=1S/C13H17BrN2O/c14-11-3-5-12(6-4-11)15-8-7-13(17)16-9-1-2-10-16/h3-6,15H,1-2,7-10H2. The molecule has 0 bridgehead atoms. The van der Waals surface area contributed by atoms with Crippen molar-refractivity contribution < 1.29 is 4.79 Å². The van der Waals surface area contributed by atoms with Gasteiger partial charge in [0.2, 0.25) is 5.91 Å². The number of halogens is 1. The van der Waals surface area contributed by atoms with Crippen LogP contribution in [0.4, 0.5) is 5.69 Å². The first-order valence-corrected chi connectivity index (χ1v) is 6.82. The van der Waals surface area contributed by atoms with Gasteiger partial charge in [-0.3, -0.25) is 4.79 Å². The van der Waals surface area contributed by atoms with Crippen LogP contribution < -0.4 is 5.32 Å². The van der Waals surface area contributed by atoms with E-state index in [1.807, 2.05) is 29.2 Å². The number of likely N-dealkylation sites (tertiary alicyclic amines) is 1. The fraction of sp³-hybridized carbons (Fsp3) is 0.462. The van der Waals surface area contributed by atoms with E-state index >= 15 is 0 Å². The van der Waals surface area contributed by atoms with Gasteiger partial charge >= 0.3 is 0 Å². The predicted octanol–water partition coefficient (Wildman–Crippen LogP) is 2.87. The third kappa shape index (κ3) is 3.73. The van der Waals surface area contributed by atoms with Gasteiger partial charge in [-0.2, -0.15) is 0 Å². The van der Waals surface area contributed by atoms with Crippen molar-refractivity contribution in [2.45, 2.75) is 19.3 Å². The summed E-state index contributed by atoms with van der Waals surface area (Å²) in [5, 5.41) is 3.26. The van der Waals surface area contributed by atoms with Gasteiger partial charge in [0, 0.05) is 36.2 Å². The van der Waals surface area contributed by atoms with Crippen molar-refractivity contribution in [2.24, 2.45) is 0 Å². The summed E-state index contributed by atoms with van der Waals surface area (Å²) in [6.45, 7) is 2.59. The van der Waals surface area contributed by atoms with E-state index < -0.39 is 0 Å². The molecule has 1 aromatic rings. The molecular formula is C13H17BrN2O. The van der Waals surface area contributed by atoms with Crippen molar-refractivity contribution in [1.29, 1.82) is 0 Å². The summed E-state index contributed by atoms with van der Waals surface area (Å²) >= 11 is 3.39. The molecule has 1 amide bonds. The smallest absolute Gasteiger partial charge is 0.224 e. The molecule has 1 saturated heterocycles. The van der Waals surface area contributed by atoms with Crippen molar-refractivity contribution in [3.05, 3.63) is 28.7 Å². The molecule has 1 aliphatic heterocycles. The average Bonchev–Trinajstić information content (AvgIpc) is 2.85. The summed E-state index contributed by atoms with van der Waals surface area (Å²) in [6, 6.07) is 7.99. The summed E-state index contributed by atoms with van der Waals surface area (Å²) in [4.78, 5) is 13.7. The third-order valence-corrected chi connectivity index (χ3v) is 3.50. The van der Waals surface area contributed by atoms with E-state index in [1.165, 1.54) is 0 Å². The highest BCUT2D eigenvalue weighted by Crippen LogP contribution is 2.14. The van der Waals surface area contributed by atoms with Gasteiger partial charge in [0.15, 0.2) is 0 Å². The Hall–Kier alpha value is -1.03. The molecule has 1 aliphatic rings. The number of nitrogens with one attached hydrogen (secondary N) is 1. The van der Waals surface area contributed by atoms with E-state index in [-0.39, 0.29) is 5.91 Å². The lowest BCUT2D eigenvalue weighted by Crippen LogP contribution is -2.29. The van der Waals surface area contributed by atoms with Crippen molar-refractivity contribution in [3.8, 4) is 0 Å². The average molecular weight is 297 g/mol. The minimum absolute atomic E-state index is 0.270. The Kier molecular flexibility index (Phi) is 4.42. The highest BCUT2D eigenvalue weighted by molar-refractivity contribution is 9.10. The zero-order valence-electron chi connectivity index (χ0n) is 9.79. The maximum atomic E-state index is 11.8. The monoisotopic (exact) mass is 296 g/mol. The van der Waals surface area contributed by atoms with E-state index in [2.05, 4.69) is 21.2 Å². The van der Waals surface area contributed by atoms with Crippen molar-refractivity contribution in [1.82, 2.24) is 4.90 Å². The van der Waals surface area contributed by atoms with Gasteiger partial charge < -0.3 is 10.2 Å². The Labute approximate surface area is 110 Å². The number of anilines is 1. The van der Waals surface area contributed by atoms with Crippen molar-refractivity contribution in [2.75, 3.05) is 25.0 Å². The molecule has 17 heavy (non-hydrogen) atoms. The van der Waals surface area contributed by atoms with Crippen LogP contribution in [0.5, 0.6) is 0 Å². The first kappa shape index (κ1) is 12.4. The zero-order chi connectivity index (χ0) is 12.1. The number of carbonyl (C=O) groups excluding carboxylic acids is 1. The van der Waals surface area contributed by atoms with Gasteiger partial charge in [-0.15, -0.1) is 0 Å². The van der Waals surface area contributed by atoms with Crippen LogP contribution in [0.25, 0.3) is 0 Å². The summed E-state index contributed by atoms with van der Waals surface area (Å²) in [5.74, 6) is 0.270. The second-order valence-corrected chi connectivity index (χ2v) is 5.19. The van der Waals surface area contributed by atoms with Crippen LogP contribution in [-0.4, -0.2) is 30.4 Å². The second-order valence-electron chi connectivity index (χ2n) is 4.27. The lowest BCUT2D eigenvalue weighted by molar-refractivity contribution is -0.129. The molecule has 1 fully saturated rings. The molecule has 0 unspecified atom stereocenters.